The topological polar surface area (TPSA) is 50.7 Å². The van der Waals surface area contributed by atoms with Gasteiger partial charge in [0.15, 0.2) is 0 Å². The summed E-state index contributed by atoms with van der Waals surface area (Å²) >= 11 is 0. The van der Waals surface area contributed by atoms with Crippen LogP contribution in [0.3, 0.4) is 0 Å². The molecule has 5 unspecified atom stereocenters. The minimum atomic E-state index is 0.0656. The Kier molecular flexibility index (Phi) is 11.6. The molecule has 0 radical (unpaired) electrons. The monoisotopic (exact) mass is 456 g/mol. The SMILES string of the molecule is CC1CCCCCCCCC(C2CCCC(C)CCC(C)(c3ncncn3)CCCN2)CC1. The summed E-state index contributed by atoms with van der Waals surface area (Å²) in [6.45, 7) is 8.47. The van der Waals surface area contributed by atoms with Crippen LogP contribution in [-0.2, 0) is 5.41 Å². The Morgan fingerprint density at radius 1 is 0.697 bits per heavy atom. The van der Waals surface area contributed by atoms with Crippen LogP contribution in [0.5, 0.6) is 0 Å². The fourth-order valence-corrected chi connectivity index (χ4v) is 6.36. The zero-order valence-corrected chi connectivity index (χ0v) is 22.0. The highest BCUT2D eigenvalue weighted by molar-refractivity contribution is 5.04. The van der Waals surface area contributed by atoms with Crippen molar-refractivity contribution >= 4 is 0 Å². The maximum absolute atomic E-state index is 4.57. The highest BCUT2D eigenvalue weighted by atomic mass is 15.0. The zero-order valence-electron chi connectivity index (χ0n) is 22.0. The number of hydrogen-bond acceptors (Lipinski definition) is 4. The summed E-state index contributed by atoms with van der Waals surface area (Å²) in [5.74, 6) is 3.54. The van der Waals surface area contributed by atoms with Gasteiger partial charge in [-0.3, -0.25) is 0 Å². The lowest BCUT2D eigenvalue weighted by Gasteiger charge is -2.33. The van der Waals surface area contributed by atoms with Gasteiger partial charge in [0.2, 0.25) is 0 Å². The normalized spacial score (nSPS) is 34.8. The molecule has 1 saturated heterocycles. The van der Waals surface area contributed by atoms with Crippen molar-refractivity contribution < 1.29 is 0 Å². The van der Waals surface area contributed by atoms with Crippen molar-refractivity contribution in [2.24, 2.45) is 17.8 Å². The number of hydrogen-bond donors (Lipinski definition) is 1. The third-order valence-corrected chi connectivity index (χ3v) is 8.87. The van der Waals surface area contributed by atoms with E-state index in [2.05, 4.69) is 41.0 Å². The molecule has 2 fully saturated rings. The van der Waals surface area contributed by atoms with Crippen molar-refractivity contribution in [3.63, 3.8) is 0 Å². The van der Waals surface area contributed by atoms with Crippen molar-refractivity contribution in [2.45, 2.75) is 141 Å². The molecular formula is C29H52N4. The van der Waals surface area contributed by atoms with Crippen LogP contribution in [0.2, 0.25) is 0 Å². The fourth-order valence-electron chi connectivity index (χ4n) is 6.36. The predicted octanol–water partition coefficient (Wildman–Crippen LogP) is 7.63. The molecule has 1 aromatic heterocycles. The highest BCUT2D eigenvalue weighted by Gasteiger charge is 2.30. The standard InChI is InChI=1S/C29H52N4/c1-24-12-8-6-4-5-7-9-14-26(17-16-24)27-15-10-13-25(2)18-20-29(3,19-11-21-31-27)28-32-22-30-23-33-28/h22-27,31H,4-21H2,1-3H3. The molecule has 1 aromatic rings. The first-order valence-corrected chi connectivity index (χ1v) is 14.4. The van der Waals surface area contributed by atoms with Crippen LogP contribution < -0.4 is 5.32 Å². The first kappa shape index (κ1) is 26.6. The molecule has 4 nitrogen and oxygen atoms in total. The molecule has 1 aliphatic carbocycles. The van der Waals surface area contributed by atoms with Gasteiger partial charge in [0.05, 0.1) is 0 Å². The largest absolute Gasteiger partial charge is 0.314 e. The van der Waals surface area contributed by atoms with Crippen LogP contribution in [0.1, 0.15) is 136 Å². The van der Waals surface area contributed by atoms with E-state index in [1.165, 1.54) is 103 Å². The van der Waals surface area contributed by atoms with E-state index in [0.717, 1.165) is 36.5 Å². The van der Waals surface area contributed by atoms with E-state index in [0.29, 0.717) is 6.04 Å². The summed E-state index contributed by atoms with van der Waals surface area (Å²) in [5, 5.41) is 4.09. The third kappa shape index (κ3) is 9.26. The van der Waals surface area contributed by atoms with Crippen LogP contribution in [0.4, 0.5) is 0 Å². The van der Waals surface area contributed by atoms with Gasteiger partial charge in [-0.1, -0.05) is 85.0 Å². The summed E-state index contributed by atoms with van der Waals surface area (Å²) in [6, 6.07) is 0.704. The molecule has 5 atom stereocenters. The summed E-state index contributed by atoms with van der Waals surface area (Å²) in [4.78, 5) is 13.2. The molecule has 3 rings (SSSR count). The Morgan fingerprint density at radius 3 is 2.15 bits per heavy atom. The number of rotatable bonds is 2. The maximum Gasteiger partial charge on any atom is 0.137 e. The van der Waals surface area contributed by atoms with Crippen molar-refractivity contribution in [3.8, 4) is 0 Å². The van der Waals surface area contributed by atoms with Crippen LogP contribution in [0.15, 0.2) is 12.7 Å². The Labute approximate surface area is 204 Å². The van der Waals surface area contributed by atoms with Gasteiger partial charge >= 0.3 is 0 Å². The summed E-state index contributed by atoms with van der Waals surface area (Å²) < 4.78 is 0. The second kappa shape index (κ2) is 14.4. The van der Waals surface area contributed by atoms with Gasteiger partial charge < -0.3 is 5.32 Å². The molecular weight excluding hydrogens is 404 g/mol. The van der Waals surface area contributed by atoms with Crippen molar-refractivity contribution in [1.29, 1.82) is 0 Å². The lowest BCUT2D eigenvalue weighted by Crippen LogP contribution is -2.38. The van der Waals surface area contributed by atoms with Crippen molar-refractivity contribution in [3.05, 3.63) is 18.5 Å². The lowest BCUT2D eigenvalue weighted by molar-refractivity contribution is 0.245. The maximum atomic E-state index is 4.57. The molecule has 1 aliphatic heterocycles. The van der Waals surface area contributed by atoms with E-state index in [1.807, 2.05) is 0 Å². The van der Waals surface area contributed by atoms with E-state index in [4.69, 9.17) is 0 Å². The van der Waals surface area contributed by atoms with Crippen molar-refractivity contribution in [1.82, 2.24) is 20.3 Å². The molecule has 2 aliphatic rings. The Hall–Kier alpha value is -1.03. The molecule has 0 amide bonds. The average molecular weight is 457 g/mol. The van der Waals surface area contributed by atoms with E-state index >= 15 is 0 Å². The average Bonchev–Trinajstić information content (AvgIpc) is 2.82. The van der Waals surface area contributed by atoms with Gasteiger partial charge in [0.1, 0.15) is 18.5 Å². The number of nitrogens with zero attached hydrogens (tertiary/aromatic N) is 3. The minimum Gasteiger partial charge on any atom is -0.314 e. The fraction of sp³-hybridized carbons (Fsp3) is 0.897. The molecule has 0 bridgehead atoms. The molecule has 4 heteroatoms. The van der Waals surface area contributed by atoms with E-state index in [1.54, 1.807) is 12.7 Å². The molecule has 0 spiro atoms. The van der Waals surface area contributed by atoms with Crippen LogP contribution >= 0.6 is 0 Å². The quantitative estimate of drug-likeness (QED) is 0.497. The van der Waals surface area contributed by atoms with Crippen LogP contribution in [-0.4, -0.2) is 27.5 Å². The molecule has 188 valence electrons. The highest BCUT2D eigenvalue weighted by Crippen LogP contribution is 2.35. The van der Waals surface area contributed by atoms with Gasteiger partial charge in [-0.2, -0.15) is 0 Å². The van der Waals surface area contributed by atoms with Gasteiger partial charge in [-0.15, -0.1) is 0 Å². The van der Waals surface area contributed by atoms with Gasteiger partial charge in [-0.25, -0.2) is 15.0 Å². The van der Waals surface area contributed by atoms with Gasteiger partial charge in [0.25, 0.3) is 0 Å². The van der Waals surface area contributed by atoms with E-state index in [-0.39, 0.29) is 5.41 Å². The number of aromatic nitrogens is 3. The predicted molar refractivity (Wildman–Crippen MR) is 139 cm³/mol. The second-order valence-corrected chi connectivity index (χ2v) is 11.9. The Morgan fingerprint density at radius 2 is 1.36 bits per heavy atom. The van der Waals surface area contributed by atoms with Gasteiger partial charge in [-0.05, 0) is 69.2 Å². The van der Waals surface area contributed by atoms with Crippen LogP contribution in [0, 0.1) is 17.8 Å². The molecule has 1 saturated carbocycles. The lowest BCUT2D eigenvalue weighted by atomic mass is 9.77. The summed E-state index contributed by atoms with van der Waals surface area (Å²) in [5.41, 5.74) is 0.0656. The van der Waals surface area contributed by atoms with Gasteiger partial charge in [0, 0.05) is 11.5 Å². The Balaban J connectivity index is 1.64. The smallest absolute Gasteiger partial charge is 0.137 e. The Bertz CT molecular complexity index is 636. The first-order valence-electron chi connectivity index (χ1n) is 14.4. The summed E-state index contributed by atoms with van der Waals surface area (Å²) in [6.07, 6.45) is 26.7. The second-order valence-electron chi connectivity index (χ2n) is 11.9. The molecule has 2 heterocycles. The molecule has 33 heavy (non-hydrogen) atoms. The molecule has 0 aromatic carbocycles. The van der Waals surface area contributed by atoms with Crippen molar-refractivity contribution in [2.75, 3.05) is 6.54 Å². The van der Waals surface area contributed by atoms with E-state index in [9.17, 15) is 0 Å². The zero-order chi connectivity index (χ0) is 23.4. The summed E-state index contributed by atoms with van der Waals surface area (Å²) in [7, 11) is 0. The number of nitrogens with one attached hydrogen (secondary N) is 1. The van der Waals surface area contributed by atoms with Crippen LogP contribution in [0.25, 0.3) is 0 Å². The minimum absolute atomic E-state index is 0.0656. The molecule has 1 N–H and O–H groups in total. The first-order chi connectivity index (χ1) is 16.1. The van der Waals surface area contributed by atoms with E-state index < -0.39 is 0 Å². The third-order valence-electron chi connectivity index (χ3n) is 8.87.